The largest absolute Gasteiger partial charge is 0.507 e. The molecule has 0 saturated carbocycles. The lowest BCUT2D eigenvalue weighted by atomic mass is 10.1. The molecule has 0 heterocycles. The molecular weight excluding hydrogens is 360 g/mol. The zero-order valence-corrected chi connectivity index (χ0v) is 13.6. The van der Waals surface area contributed by atoms with Gasteiger partial charge in [-0.1, -0.05) is 42.5 Å². The highest BCUT2D eigenvalue weighted by atomic mass is 79.9. The first-order chi connectivity index (χ1) is 11.1. The predicted octanol–water partition coefficient (Wildman–Crippen LogP) is 4.59. The molecule has 0 radical (unpaired) electrons. The van der Waals surface area contributed by atoms with Crippen LogP contribution in [-0.2, 0) is 6.61 Å². The van der Waals surface area contributed by atoms with E-state index in [9.17, 15) is 9.90 Å². The molecule has 0 bridgehead atoms. The van der Waals surface area contributed by atoms with E-state index in [0.717, 1.165) is 16.3 Å². The van der Waals surface area contributed by atoms with Gasteiger partial charge in [0.15, 0.2) is 0 Å². The van der Waals surface area contributed by atoms with E-state index in [-0.39, 0.29) is 11.3 Å². The van der Waals surface area contributed by atoms with Crippen LogP contribution in [0.2, 0.25) is 0 Å². The Morgan fingerprint density at radius 3 is 2.61 bits per heavy atom. The van der Waals surface area contributed by atoms with Crippen LogP contribution in [-0.4, -0.2) is 16.2 Å². The molecule has 0 atom stereocenters. The summed E-state index contributed by atoms with van der Waals surface area (Å²) in [7, 11) is 0. The van der Waals surface area contributed by atoms with Gasteiger partial charge in [-0.25, -0.2) is 4.79 Å². The number of aromatic carboxylic acids is 1. The third-order valence-corrected chi connectivity index (χ3v) is 4.16. The lowest BCUT2D eigenvalue weighted by Gasteiger charge is -2.12. The van der Waals surface area contributed by atoms with Gasteiger partial charge in [-0.05, 0) is 38.3 Å². The Hall–Kier alpha value is -2.53. The van der Waals surface area contributed by atoms with Crippen molar-refractivity contribution in [2.45, 2.75) is 6.61 Å². The van der Waals surface area contributed by atoms with E-state index in [1.165, 1.54) is 12.1 Å². The number of phenols is 1. The maximum Gasteiger partial charge on any atom is 0.339 e. The summed E-state index contributed by atoms with van der Waals surface area (Å²) in [5, 5.41) is 21.0. The lowest BCUT2D eigenvalue weighted by Crippen LogP contribution is -2.00. The van der Waals surface area contributed by atoms with Crippen molar-refractivity contribution in [1.29, 1.82) is 0 Å². The normalized spacial score (nSPS) is 10.7. The molecule has 3 aromatic rings. The van der Waals surface area contributed by atoms with Crippen molar-refractivity contribution < 1.29 is 19.7 Å². The summed E-state index contributed by atoms with van der Waals surface area (Å²) in [6, 6.07) is 16.6. The van der Waals surface area contributed by atoms with Gasteiger partial charge in [-0.3, -0.25) is 0 Å². The van der Waals surface area contributed by atoms with Gasteiger partial charge in [0.2, 0.25) is 0 Å². The quantitative estimate of drug-likeness (QED) is 0.702. The fourth-order valence-corrected chi connectivity index (χ4v) is 2.86. The average molecular weight is 373 g/mol. The van der Waals surface area contributed by atoms with Gasteiger partial charge in [-0.2, -0.15) is 0 Å². The minimum atomic E-state index is -1.19. The second-order valence-electron chi connectivity index (χ2n) is 5.03. The van der Waals surface area contributed by atoms with Crippen LogP contribution in [0, 0.1) is 0 Å². The third kappa shape index (κ3) is 3.14. The Labute approximate surface area is 141 Å². The smallest absolute Gasteiger partial charge is 0.339 e. The van der Waals surface area contributed by atoms with Crippen molar-refractivity contribution >= 4 is 32.7 Å². The number of ether oxygens (including phenoxy) is 1. The zero-order valence-electron chi connectivity index (χ0n) is 12.0. The van der Waals surface area contributed by atoms with Crippen molar-refractivity contribution in [3.05, 3.63) is 70.2 Å². The zero-order chi connectivity index (χ0) is 16.4. The molecule has 0 aliphatic carbocycles. The van der Waals surface area contributed by atoms with Crippen LogP contribution in [0.25, 0.3) is 10.8 Å². The van der Waals surface area contributed by atoms with E-state index < -0.39 is 5.97 Å². The number of carboxylic acid groups (broad SMARTS) is 1. The Morgan fingerprint density at radius 1 is 1.09 bits per heavy atom. The summed E-state index contributed by atoms with van der Waals surface area (Å²) in [6.07, 6.45) is 0. The Morgan fingerprint density at radius 2 is 1.83 bits per heavy atom. The Balaban J connectivity index is 1.88. The van der Waals surface area contributed by atoms with Crippen molar-refractivity contribution in [2.24, 2.45) is 0 Å². The molecule has 0 unspecified atom stereocenters. The standard InChI is InChI=1S/C18H13BrO4/c19-15-8-14(18(21)22)16(20)9-17(15)23-10-12-6-3-5-11-4-1-2-7-13(11)12/h1-9,20H,10H2,(H,21,22). The SMILES string of the molecule is O=C(O)c1cc(Br)c(OCc2cccc3ccccc23)cc1O. The second-order valence-corrected chi connectivity index (χ2v) is 5.89. The number of halogens is 1. The molecular formula is C18H13BrO4. The molecule has 0 saturated heterocycles. The van der Waals surface area contributed by atoms with E-state index in [2.05, 4.69) is 15.9 Å². The first-order valence-corrected chi connectivity index (χ1v) is 7.71. The van der Waals surface area contributed by atoms with E-state index in [1.54, 1.807) is 0 Å². The maximum atomic E-state index is 11.0. The monoisotopic (exact) mass is 372 g/mol. The van der Waals surface area contributed by atoms with Crippen molar-refractivity contribution in [3.8, 4) is 11.5 Å². The number of hydrogen-bond acceptors (Lipinski definition) is 3. The molecule has 2 N–H and O–H groups in total. The molecule has 0 aliphatic rings. The summed E-state index contributed by atoms with van der Waals surface area (Å²) in [5.41, 5.74) is 0.839. The van der Waals surface area contributed by atoms with Gasteiger partial charge >= 0.3 is 5.97 Å². The first-order valence-electron chi connectivity index (χ1n) is 6.91. The van der Waals surface area contributed by atoms with Crippen LogP contribution in [0.1, 0.15) is 15.9 Å². The third-order valence-electron chi connectivity index (χ3n) is 3.54. The van der Waals surface area contributed by atoms with Crippen LogP contribution in [0.5, 0.6) is 11.5 Å². The molecule has 0 spiro atoms. The molecule has 5 heteroatoms. The maximum absolute atomic E-state index is 11.0. The van der Waals surface area contributed by atoms with Gasteiger partial charge in [0.05, 0.1) is 4.47 Å². The number of carbonyl (C=O) groups is 1. The minimum Gasteiger partial charge on any atom is -0.507 e. The van der Waals surface area contributed by atoms with Crippen molar-refractivity contribution in [3.63, 3.8) is 0 Å². The molecule has 0 fully saturated rings. The topological polar surface area (TPSA) is 66.8 Å². The number of hydrogen-bond donors (Lipinski definition) is 2. The van der Waals surface area contributed by atoms with Gasteiger partial charge in [-0.15, -0.1) is 0 Å². The van der Waals surface area contributed by atoms with E-state index in [4.69, 9.17) is 9.84 Å². The average Bonchev–Trinajstić information content (AvgIpc) is 2.55. The molecule has 3 rings (SSSR count). The van der Waals surface area contributed by atoms with Crippen LogP contribution >= 0.6 is 15.9 Å². The van der Waals surface area contributed by atoms with Crippen molar-refractivity contribution in [1.82, 2.24) is 0 Å². The Kier molecular flexibility index (Phi) is 4.21. The number of fused-ring (bicyclic) bond motifs is 1. The highest BCUT2D eigenvalue weighted by Crippen LogP contribution is 2.33. The minimum absolute atomic E-state index is 0.172. The number of rotatable bonds is 4. The van der Waals surface area contributed by atoms with Crippen LogP contribution in [0.4, 0.5) is 0 Å². The number of aromatic hydroxyl groups is 1. The van der Waals surface area contributed by atoms with Gasteiger partial charge in [0.25, 0.3) is 0 Å². The summed E-state index contributed by atoms with van der Waals surface area (Å²) in [4.78, 5) is 11.0. The summed E-state index contributed by atoms with van der Waals surface area (Å²) < 4.78 is 6.23. The molecule has 0 aliphatic heterocycles. The first kappa shape index (κ1) is 15.4. The van der Waals surface area contributed by atoms with Crippen LogP contribution in [0.15, 0.2) is 59.1 Å². The number of benzene rings is 3. The fraction of sp³-hybridized carbons (Fsp3) is 0.0556. The molecule has 3 aromatic carbocycles. The summed E-state index contributed by atoms with van der Waals surface area (Å²) >= 11 is 3.27. The van der Waals surface area contributed by atoms with E-state index in [1.807, 2.05) is 42.5 Å². The highest BCUT2D eigenvalue weighted by molar-refractivity contribution is 9.10. The molecule has 23 heavy (non-hydrogen) atoms. The van der Waals surface area contributed by atoms with E-state index >= 15 is 0 Å². The lowest BCUT2D eigenvalue weighted by molar-refractivity contribution is 0.0693. The Bertz CT molecular complexity index is 884. The van der Waals surface area contributed by atoms with Gasteiger partial charge < -0.3 is 14.9 Å². The molecule has 4 nitrogen and oxygen atoms in total. The van der Waals surface area contributed by atoms with Gasteiger partial charge in [0, 0.05) is 6.07 Å². The molecule has 0 amide bonds. The number of carboxylic acids is 1. The predicted molar refractivity (Wildman–Crippen MR) is 91.0 cm³/mol. The van der Waals surface area contributed by atoms with Crippen LogP contribution < -0.4 is 4.74 Å². The second kappa shape index (κ2) is 6.30. The summed E-state index contributed by atoms with van der Waals surface area (Å²) in [5.74, 6) is -1.13. The van der Waals surface area contributed by atoms with Crippen molar-refractivity contribution in [2.75, 3.05) is 0 Å². The highest BCUT2D eigenvalue weighted by Gasteiger charge is 2.14. The summed E-state index contributed by atoms with van der Waals surface area (Å²) in [6.45, 7) is 0.311. The van der Waals surface area contributed by atoms with Gasteiger partial charge in [0.1, 0.15) is 23.7 Å². The van der Waals surface area contributed by atoms with Crippen LogP contribution in [0.3, 0.4) is 0 Å². The molecule has 116 valence electrons. The van der Waals surface area contributed by atoms with E-state index in [0.29, 0.717) is 16.8 Å². The fourth-order valence-electron chi connectivity index (χ4n) is 2.40. The molecule has 0 aromatic heterocycles.